The molecular weight excluding hydrogens is 554 g/mol. The van der Waals surface area contributed by atoms with Gasteiger partial charge in [0.1, 0.15) is 18.3 Å². The number of nitrogens with one attached hydrogen (secondary N) is 1. The number of amides is 2. The van der Waals surface area contributed by atoms with Gasteiger partial charge in [-0.25, -0.2) is 0 Å². The number of para-hydroxylation sites is 1. The number of methoxy groups -OCH3 is 1. The Morgan fingerprint density at radius 3 is 2.43 bits per heavy atom. The van der Waals surface area contributed by atoms with Crippen molar-refractivity contribution >= 4 is 40.0 Å². The van der Waals surface area contributed by atoms with Gasteiger partial charge in [0.05, 0.1) is 24.5 Å². The van der Waals surface area contributed by atoms with Gasteiger partial charge in [-0.3, -0.25) is 19.5 Å². The maximum Gasteiger partial charge on any atom is 0.251 e. The van der Waals surface area contributed by atoms with E-state index in [0.29, 0.717) is 33.4 Å². The van der Waals surface area contributed by atoms with Gasteiger partial charge >= 0.3 is 0 Å². The van der Waals surface area contributed by atoms with Crippen LogP contribution in [0.25, 0.3) is 22.3 Å². The number of pyridine rings is 1. The fourth-order valence-electron chi connectivity index (χ4n) is 4.49. The largest absolute Gasteiger partial charge is 0.497 e. The highest BCUT2D eigenvalue weighted by molar-refractivity contribution is 6.30. The van der Waals surface area contributed by atoms with Gasteiger partial charge in [-0.1, -0.05) is 41.9 Å². The van der Waals surface area contributed by atoms with Gasteiger partial charge in [0.2, 0.25) is 11.7 Å². The molecule has 11 heteroatoms. The second-order valence-corrected chi connectivity index (χ2v) is 11.2. The number of hydrogen-bond donors (Lipinski definition) is 1. The summed E-state index contributed by atoms with van der Waals surface area (Å²) in [5.74, 6) is 0.177. The zero-order chi connectivity index (χ0) is 29.9. The van der Waals surface area contributed by atoms with Gasteiger partial charge in [-0.05, 0) is 80.1 Å². The van der Waals surface area contributed by atoms with E-state index < -0.39 is 17.5 Å². The Labute approximate surface area is 248 Å². The normalized spacial score (nSPS) is 12.1. The minimum atomic E-state index is -1.04. The van der Waals surface area contributed by atoms with E-state index in [0.717, 1.165) is 10.9 Å². The van der Waals surface area contributed by atoms with E-state index >= 15 is 0 Å². The minimum absolute atomic E-state index is 0.275. The molecule has 0 saturated carbocycles. The Balaban J connectivity index is 1.58. The first-order valence-corrected chi connectivity index (χ1v) is 13.7. The summed E-state index contributed by atoms with van der Waals surface area (Å²) in [5.41, 5.74) is 1.95. The fourth-order valence-corrected chi connectivity index (χ4v) is 4.62. The summed E-state index contributed by atoms with van der Waals surface area (Å²) in [6.45, 7) is 5.38. The maximum absolute atomic E-state index is 14.2. The van der Waals surface area contributed by atoms with Gasteiger partial charge in [0.15, 0.2) is 0 Å². The molecule has 0 radical (unpaired) electrons. The molecule has 0 aliphatic carbocycles. The van der Waals surface area contributed by atoms with E-state index in [2.05, 4.69) is 25.7 Å². The number of anilines is 1. The molecule has 1 N–H and O–H groups in total. The summed E-state index contributed by atoms with van der Waals surface area (Å²) in [4.78, 5) is 35.4. The molecule has 0 saturated heterocycles. The number of aromatic nitrogens is 5. The van der Waals surface area contributed by atoms with Crippen molar-refractivity contribution in [3.8, 4) is 17.1 Å². The SMILES string of the molecule is COc1ccc([C@H](C(=O)NC(C)(C)C)N(C(=O)Cn2nnc(-c3ccc(Cl)cc3)n2)c2cnc3ccccc3c2)cc1. The van der Waals surface area contributed by atoms with Crippen LogP contribution in [0.15, 0.2) is 85.1 Å². The Morgan fingerprint density at radius 1 is 1.02 bits per heavy atom. The number of fused-ring (bicyclic) bond motifs is 1. The van der Waals surface area contributed by atoms with Crippen molar-refractivity contribution in [3.63, 3.8) is 0 Å². The smallest absolute Gasteiger partial charge is 0.251 e. The molecule has 0 bridgehead atoms. The van der Waals surface area contributed by atoms with Gasteiger partial charge in [0.25, 0.3) is 5.91 Å². The van der Waals surface area contributed by atoms with Crippen LogP contribution in [0.1, 0.15) is 32.4 Å². The number of hydrogen-bond acceptors (Lipinski definition) is 7. The van der Waals surface area contributed by atoms with Gasteiger partial charge in [0, 0.05) is 21.5 Å². The van der Waals surface area contributed by atoms with E-state index in [1.54, 1.807) is 61.8 Å². The average Bonchev–Trinajstić information content (AvgIpc) is 3.43. The fraction of sp³-hybridized carbons (Fsp3) is 0.226. The third-order valence-electron chi connectivity index (χ3n) is 6.39. The lowest BCUT2D eigenvalue weighted by Crippen LogP contribution is -2.50. The monoisotopic (exact) mass is 583 g/mol. The van der Waals surface area contributed by atoms with Crippen LogP contribution >= 0.6 is 11.6 Å². The van der Waals surface area contributed by atoms with Crippen molar-refractivity contribution in [3.05, 3.63) is 95.6 Å². The number of rotatable bonds is 8. The number of nitrogens with zero attached hydrogens (tertiary/aromatic N) is 6. The molecule has 2 heterocycles. The number of carbonyl (C=O) groups excluding carboxylic acids is 2. The molecule has 1 atom stereocenters. The predicted molar refractivity (Wildman–Crippen MR) is 161 cm³/mol. The molecule has 0 spiro atoms. The molecular formula is C31H30ClN7O3. The van der Waals surface area contributed by atoms with Crippen LogP contribution in [0.5, 0.6) is 5.75 Å². The van der Waals surface area contributed by atoms with E-state index in [9.17, 15) is 9.59 Å². The van der Waals surface area contributed by atoms with Crippen LogP contribution in [0.4, 0.5) is 5.69 Å². The van der Waals surface area contributed by atoms with E-state index in [4.69, 9.17) is 16.3 Å². The number of carbonyl (C=O) groups is 2. The Morgan fingerprint density at radius 2 is 1.74 bits per heavy atom. The second-order valence-electron chi connectivity index (χ2n) is 10.7. The molecule has 0 aliphatic heterocycles. The summed E-state index contributed by atoms with van der Waals surface area (Å²) in [7, 11) is 1.57. The standard InChI is InChI=1S/C31H30ClN7O3/c1-31(2,3)34-30(41)28(20-11-15-25(42-4)16-12-20)39(24-17-22-7-5-6-8-26(22)33-18-24)27(40)19-38-36-29(35-37-38)21-9-13-23(32)14-10-21/h5-18,28H,19H2,1-4H3,(H,34,41)/t28-/m1/s1. The number of benzene rings is 3. The van der Waals surface area contributed by atoms with Crippen LogP contribution in [0, 0.1) is 0 Å². The lowest BCUT2D eigenvalue weighted by molar-refractivity contribution is -0.128. The summed E-state index contributed by atoms with van der Waals surface area (Å²) >= 11 is 6.01. The molecule has 0 aliphatic rings. The van der Waals surface area contributed by atoms with E-state index in [1.807, 2.05) is 51.1 Å². The molecule has 2 aromatic heterocycles. The highest BCUT2D eigenvalue weighted by Crippen LogP contribution is 2.31. The maximum atomic E-state index is 14.2. The first-order valence-electron chi connectivity index (χ1n) is 13.3. The van der Waals surface area contributed by atoms with Crippen LogP contribution in [0.2, 0.25) is 5.02 Å². The van der Waals surface area contributed by atoms with Crippen molar-refractivity contribution in [2.24, 2.45) is 0 Å². The van der Waals surface area contributed by atoms with E-state index in [-0.39, 0.29) is 12.5 Å². The summed E-state index contributed by atoms with van der Waals surface area (Å²) in [6.07, 6.45) is 1.59. The van der Waals surface area contributed by atoms with Crippen LogP contribution < -0.4 is 15.0 Å². The van der Waals surface area contributed by atoms with Crippen molar-refractivity contribution in [2.75, 3.05) is 12.0 Å². The molecule has 5 aromatic rings. The van der Waals surface area contributed by atoms with Crippen LogP contribution in [-0.4, -0.2) is 49.7 Å². The van der Waals surface area contributed by atoms with Gasteiger partial charge < -0.3 is 10.1 Å². The average molecular weight is 584 g/mol. The van der Waals surface area contributed by atoms with Crippen molar-refractivity contribution in [2.45, 2.75) is 38.9 Å². The first-order chi connectivity index (χ1) is 20.1. The van der Waals surface area contributed by atoms with Crippen molar-refractivity contribution < 1.29 is 14.3 Å². The lowest BCUT2D eigenvalue weighted by Gasteiger charge is -2.33. The van der Waals surface area contributed by atoms with Gasteiger partial charge in [-0.2, -0.15) is 4.80 Å². The predicted octanol–water partition coefficient (Wildman–Crippen LogP) is 5.24. The Hall–Kier alpha value is -4.83. The van der Waals surface area contributed by atoms with Crippen LogP contribution in [0.3, 0.4) is 0 Å². The summed E-state index contributed by atoms with van der Waals surface area (Å²) in [5, 5.41) is 17.1. The molecule has 3 aromatic carbocycles. The van der Waals surface area contributed by atoms with Crippen molar-refractivity contribution in [1.82, 2.24) is 30.5 Å². The lowest BCUT2D eigenvalue weighted by atomic mass is 10.0. The quantitative estimate of drug-likeness (QED) is 0.266. The second kappa shape index (κ2) is 12.0. The van der Waals surface area contributed by atoms with Crippen LogP contribution in [-0.2, 0) is 16.1 Å². The Kier molecular flexibility index (Phi) is 8.17. The minimum Gasteiger partial charge on any atom is -0.497 e. The third-order valence-corrected chi connectivity index (χ3v) is 6.64. The molecule has 10 nitrogen and oxygen atoms in total. The topological polar surface area (TPSA) is 115 Å². The highest BCUT2D eigenvalue weighted by Gasteiger charge is 2.35. The van der Waals surface area contributed by atoms with Crippen molar-refractivity contribution in [1.29, 1.82) is 0 Å². The zero-order valence-corrected chi connectivity index (χ0v) is 24.4. The van der Waals surface area contributed by atoms with Gasteiger partial charge in [-0.15, -0.1) is 10.2 Å². The molecule has 214 valence electrons. The highest BCUT2D eigenvalue weighted by atomic mass is 35.5. The number of tetrazole rings is 1. The summed E-state index contributed by atoms with van der Waals surface area (Å²) in [6, 6.07) is 22.4. The first kappa shape index (κ1) is 28.7. The zero-order valence-electron chi connectivity index (χ0n) is 23.7. The molecule has 5 rings (SSSR count). The molecule has 0 unspecified atom stereocenters. The van der Waals surface area contributed by atoms with E-state index in [1.165, 1.54) is 9.70 Å². The molecule has 2 amide bonds. The third kappa shape index (κ3) is 6.55. The number of ether oxygens (including phenoxy) is 1. The Bertz CT molecular complexity index is 1710. The molecule has 0 fully saturated rings. The number of halogens is 1. The molecule has 42 heavy (non-hydrogen) atoms. The summed E-state index contributed by atoms with van der Waals surface area (Å²) < 4.78 is 5.33.